The largest absolute Gasteiger partial charge is 0.497 e. The molecule has 2 rings (SSSR count). The Bertz CT molecular complexity index is 688. The quantitative estimate of drug-likeness (QED) is 0.720. The minimum absolute atomic E-state index is 0.0360. The summed E-state index contributed by atoms with van der Waals surface area (Å²) in [5, 5.41) is 0. The maximum absolute atomic E-state index is 13.0. The second-order valence-electron chi connectivity index (χ2n) is 5.47. The summed E-state index contributed by atoms with van der Waals surface area (Å²) in [5.74, 6) is -0.123. The molecule has 1 saturated heterocycles. The van der Waals surface area contributed by atoms with Crippen molar-refractivity contribution in [3.05, 3.63) is 18.2 Å². The number of ether oxygens (including phenoxy) is 3. The molecule has 0 aliphatic carbocycles. The van der Waals surface area contributed by atoms with Crippen molar-refractivity contribution in [1.29, 1.82) is 0 Å². The number of hydrogen-bond donors (Lipinski definition) is 0. The second-order valence-corrected chi connectivity index (χ2v) is 7.38. The summed E-state index contributed by atoms with van der Waals surface area (Å²) < 4.78 is 42.6. The number of carbonyl (C=O) groups is 1. The van der Waals surface area contributed by atoms with Crippen molar-refractivity contribution in [2.45, 2.75) is 24.7 Å². The van der Waals surface area contributed by atoms with Crippen LogP contribution >= 0.6 is 0 Å². The molecule has 0 amide bonds. The van der Waals surface area contributed by atoms with E-state index >= 15 is 0 Å². The van der Waals surface area contributed by atoms with Gasteiger partial charge in [0.25, 0.3) is 0 Å². The third kappa shape index (κ3) is 3.81. The zero-order chi connectivity index (χ0) is 17.7. The van der Waals surface area contributed by atoms with Crippen LogP contribution in [0.4, 0.5) is 0 Å². The summed E-state index contributed by atoms with van der Waals surface area (Å²) in [4.78, 5) is 12.0. The highest BCUT2D eigenvalue weighted by atomic mass is 32.2. The Morgan fingerprint density at radius 2 is 2.04 bits per heavy atom. The molecule has 1 aromatic rings. The fourth-order valence-electron chi connectivity index (χ4n) is 2.74. The van der Waals surface area contributed by atoms with Crippen molar-refractivity contribution in [3.63, 3.8) is 0 Å². The average Bonchev–Trinajstić information content (AvgIpc) is 2.61. The Labute approximate surface area is 142 Å². The van der Waals surface area contributed by atoms with Crippen molar-refractivity contribution in [2.75, 3.05) is 33.9 Å². The van der Waals surface area contributed by atoms with Gasteiger partial charge in [-0.2, -0.15) is 4.31 Å². The first-order chi connectivity index (χ1) is 11.4. The number of esters is 1. The van der Waals surface area contributed by atoms with E-state index in [0.29, 0.717) is 25.1 Å². The fourth-order valence-corrected chi connectivity index (χ4v) is 4.43. The van der Waals surface area contributed by atoms with Crippen molar-refractivity contribution < 1.29 is 27.4 Å². The van der Waals surface area contributed by atoms with E-state index in [0.717, 1.165) is 0 Å². The first-order valence-electron chi connectivity index (χ1n) is 7.82. The molecular formula is C16H23NO6S. The first kappa shape index (κ1) is 18.5. The van der Waals surface area contributed by atoms with Gasteiger partial charge < -0.3 is 14.2 Å². The van der Waals surface area contributed by atoms with Crippen LogP contribution in [-0.2, 0) is 19.6 Å². The van der Waals surface area contributed by atoms with Gasteiger partial charge in [-0.1, -0.05) is 0 Å². The van der Waals surface area contributed by atoms with Gasteiger partial charge in [-0.05, 0) is 31.9 Å². The molecule has 0 radical (unpaired) electrons. The number of rotatable bonds is 6. The van der Waals surface area contributed by atoms with Gasteiger partial charge in [-0.3, -0.25) is 4.79 Å². The van der Waals surface area contributed by atoms with E-state index in [1.54, 1.807) is 19.1 Å². The predicted molar refractivity (Wildman–Crippen MR) is 87.7 cm³/mol. The monoisotopic (exact) mass is 357 g/mol. The topological polar surface area (TPSA) is 82.1 Å². The van der Waals surface area contributed by atoms with Crippen LogP contribution in [0.15, 0.2) is 23.1 Å². The summed E-state index contributed by atoms with van der Waals surface area (Å²) in [6.45, 7) is 2.49. The third-order valence-corrected chi connectivity index (χ3v) is 5.88. The molecule has 0 aromatic heterocycles. The molecule has 7 nitrogen and oxygen atoms in total. The lowest BCUT2D eigenvalue weighted by atomic mass is 10.0. The van der Waals surface area contributed by atoms with Gasteiger partial charge in [-0.25, -0.2) is 8.42 Å². The zero-order valence-electron chi connectivity index (χ0n) is 14.1. The van der Waals surface area contributed by atoms with E-state index in [2.05, 4.69) is 0 Å². The number of methoxy groups -OCH3 is 2. The first-order valence-corrected chi connectivity index (χ1v) is 9.26. The summed E-state index contributed by atoms with van der Waals surface area (Å²) >= 11 is 0. The summed E-state index contributed by atoms with van der Waals surface area (Å²) in [6.07, 6.45) is 1.23. The Morgan fingerprint density at radius 1 is 1.29 bits per heavy atom. The maximum Gasteiger partial charge on any atom is 0.310 e. The van der Waals surface area contributed by atoms with Crippen LogP contribution in [-0.4, -0.2) is 52.6 Å². The van der Waals surface area contributed by atoms with Crippen molar-refractivity contribution in [2.24, 2.45) is 5.92 Å². The highest BCUT2D eigenvalue weighted by molar-refractivity contribution is 7.89. The SMILES string of the molecule is CCOC(=O)C1CCCN(S(=O)(=O)c2cc(OC)ccc2OC)C1. The average molecular weight is 357 g/mol. The van der Waals surface area contributed by atoms with Crippen LogP contribution in [0.2, 0.25) is 0 Å². The molecule has 1 atom stereocenters. The molecule has 1 aromatic carbocycles. The van der Waals surface area contributed by atoms with Gasteiger partial charge in [0.05, 0.1) is 26.7 Å². The number of benzene rings is 1. The lowest BCUT2D eigenvalue weighted by Crippen LogP contribution is -2.42. The zero-order valence-corrected chi connectivity index (χ0v) is 15.0. The molecule has 8 heteroatoms. The molecular weight excluding hydrogens is 334 g/mol. The van der Waals surface area contributed by atoms with Crippen molar-refractivity contribution >= 4 is 16.0 Å². The highest BCUT2D eigenvalue weighted by Gasteiger charge is 2.35. The third-order valence-electron chi connectivity index (χ3n) is 3.99. The molecule has 24 heavy (non-hydrogen) atoms. The van der Waals surface area contributed by atoms with Crippen molar-refractivity contribution in [1.82, 2.24) is 4.31 Å². The van der Waals surface area contributed by atoms with Crippen LogP contribution in [0, 0.1) is 5.92 Å². The molecule has 0 spiro atoms. The van der Waals surface area contributed by atoms with E-state index in [4.69, 9.17) is 14.2 Å². The smallest absolute Gasteiger partial charge is 0.310 e. The van der Waals surface area contributed by atoms with Gasteiger partial charge in [0, 0.05) is 19.2 Å². The van der Waals surface area contributed by atoms with Crippen LogP contribution < -0.4 is 9.47 Å². The molecule has 0 bridgehead atoms. The van der Waals surface area contributed by atoms with Crippen LogP contribution in [0.3, 0.4) is 0 Å². The lowest BCUT2D eigenvalue weighted by molar-refractivity contribution is -0.149. The standard InChI is InChI=1S/C16H23NO6S/c1-4-23-16(18)12-6-5-9-17(11-12)24(19,20)15-10-13(21-2)7-8-14(15)22-3/h7-8,10,12H,4-6,9,11H2,1-3H3. The molecule has 0 N–H and O–H groups in total. The van der Waals surface area contributed by atoms with Gasteiger partial charge >= 0.3 is 5.97 Å². The van der Waals surface area contributed by atoms with Crippen LogP contribution in [0.1, 0.15) is 19.8 Å². The molecule has 1 fully saturated rings. The van der Waals surface area contributed by atoms with Gasteiger partial charge in [0.1, 0.15) is 16.4 Å². The summed E-state index contributed by atoms with van der Waals surface area (Å²) in [6, 6.07) is 4.62. The van der Waals surface area contributed by atoms with E-state index in [9.17, 15) is 13.2 Å². The van der Waals surface area contributed by atoms with E-state index in [1.165, 1.54) is 24.6 Å². The fraction of sp³-hybridized carbons (Fsp3) is 0.562. The number of hydrogen-bond acceptors (Lipinski definition) is 6. The molecule has 1 heterocycles. The van der Waals surface area contributed by atoms with Crippen molar-refractivity contribution in [3.8, 4) is 11.5 Å². The normalized spacial score (nSPS) is 18.9. The number of piperidine rings is 1. The van der Waals surface area contributed by atoms with Gasteiger partial charge in [0.2, 0.25) is 10.0 Å². The summed E-state index contributed by atoms with van der Waals surface area (Å²) in [5.41, 5.74) is 0. The number of sulfonamides is 1. The molecule has 1 aliphatic heterocycles. The van der Waals surface area contributed by atoms with Gasteiger partial charge in [-0.15, -0.1) is 0 Å². The van der Waals surface area contributed by atoms with E-state index < -0.39 is 15.9 Å². The number of nitrogens with zero attached hydrogens (tertiary/aromatic N) is 1. The number of carbonyl (C=O) groups excluding carboxylic acids is 1. The molecule has 0 saturated carbocycles. The Morgan fingerprint density at radius 3 is 2.67 bits per heavy atom. The highest BCUT2D eigenvalue weighted by Crippen LogP contribution is 2.32. The van der Waals surface area contributed by atoms with Crippen LogP contribution in [0.5, 0.6) is 11.5 Å². The summed E-state index contributed by atoms with van der Waals surface area (Å²) in [7, 11) is -0.915. The Kier molecular flexibility index (Phi) is 6.06. The lowest BCUT2D eigenvalue weighted by Gasteiger charge is -2.31. The predicted octanol–water partition coefficient (Wildman–Crippen LogP) is 1.67. The molecule has 134 valence electrons. The minimum Gasteiger partial charge on any atom is -0.497 e. The minimum atomic E-state index is -3.80. The van der Waals surface area contributed by atoms with Crippen LogP contribution in [0.25, 0.3) is 0 Å². The maximum atomic E-state index is 13.0. The second kappa shape index (κ2) is 7.85. The Hall–Kier alpha value is -1.80. The van der Waals surface area contributed by atoms with E-state index in [-0.39, 0.29) is 29.8 Å². The Balaban J connectivity index is 2.31. The molecule has 1 aliphatic rings. The van der Waals surface area contributed by atoms with E-state index in [1.807, 2.05) is 0 Å². The molecule has 1 unspecified atom stereocenters. The van der Waals surface area contributed by atoms with Gasteiger partial charge in [0.15, 0.2) is 0 Å².